The molecule has 0 bridgehead atoms. The summed E-state index contributed by atoms with van der Waals surface area (Å²) < 4.78 is 0. The topological polar surface area (TPSA) is 53.2 Å². The standard InChI is InChI=1S/C17H27N3O/c1-12(2)19-17(21)14-6-8-15(9-7-14)20-13(3)11-16-5-4-10-18-16/h6-9,12-13,16,18,20H,4-5,10-11H2,1-3H3,(H,19,21). The molecule has 1 fully saturated rings. The SMILES string of the molecule is CC(C)NC(=O)c1ccc(NC(C)CC2CCCN2)cc1. The minimum atomic E-state index is -0.0141. The Labute approximate surface area is 127 Å². The highest BCUT2D eigenvalue weighted by molar-refractivity contribution is 5.94. The maximum atomic E-state index is 11.9. The zero-order chi connectivity index (χ0) is 15.2. The molecule has 0 aliphatic carbocycles. The molecular weight excluding hydrogens is 262 g/mol. The van der Waals surface area contributed by atoms with Crippen LogP contribution in [0.15, 0.2) is 24.3 Å². The molecule has 1 aromatic carbocycles. The molecule has 2 unspecified atom stereocenters. The molecule has 1 aliphatic heterocycles. The minimum Gasteiger partial charge on any atom is -0.383 e. The summed E-state index contributed by atoms with van der Waals surface area (Å²) in [5, 5.41) is 9.93. The normalized spacial score (nSPS) is 19.5. The van der Waals surface area contributed by atoms with E-state index in [0.29, 0.717) is 17.6 Å². The molecule has 1 heterocycles. The second-order valence-corrected chi connectivity index (χ2v) is 6.28. The van der Waals surface area contributed by atoms with Crippen molar-refractivity contribution < 1.29 is 4.79 Å². The fraction of sp³-hybridized carbons (Fsp3) is 0.588. The monoisotopic (exact) mass is 289 g/mol. The van der Waals surface area contributed by atoms with Crippen LogP contribution < -0.4 is 16.0 Å². The molecule has 116 valence electrons. The maximum Gasteiger partial charge on any atom is 0.251 e. The predicted octanol–water partition coefficient (Wildman–Crippen LogP) is 2.77. The van der Waals surface area contributed by atoms with Crippen molar-refractivity contribution in [3.05, 3.63) is 29.8 Å². The van der Waals surface area contributed by atoms with E-state index in [1.807, 2.05) is 38.1 Å². The fourth-order valence-corrected chi connectivity index (χ4v) is 2.79. The van der Waals surface area contributed by atoms with Crippen LogP contribution in [-0.4, -0.2) is 30.6 Å². The molecule has 0 saturated carbocycles. The van der Waals surface area contributed by atoms with Gasteiger partial charge in [-0.05, 0) is 70.8 Å². The van der Waals surface area contributed by atoms with Gasteiger partial charge in [-0.15, -0.1) is 0 Å². The molecule has 0 radical (unpaired) electrons. The van der Waals surface area contributed by atoms with E-state index in [-0.39, 0.29) is 11.9 Å². The lowest BCUT2D eigenvalue weighted by molar-refractivity contribution is 0.0943. The first-order chi connectivity index (χ1) is 10.0. The number of rotatable bonds is 6. The van der Waals surface area contributed by atoms with Crippen molar-refractivity contribution >= 4 is 11.6 Å². The number of amides is 1. The van der Waals surface area contributed by atoms with Crippen LogP contribution in [0.4, 0.5) is 5.69 Å². The van der Waals surface area contributed by atoms with Gasteiger partial charge in [0.1, 0.15) is 0 Å². The molecule has 1 saturated heterocycles. The molecule has 21 heavy (non-hydrogen) atoms. The van der Waals surface area contributed by atoms with Crippen molar-refractivity contribution in [2.75, 3.05) is 11.9 Å². The van der Waals surface area contributed by atoms with Crippen LogP contribution >= 0.6 is 0 Å². The first-order valence-corrected chi connectivity index (χ1v) is 7.95. The molecule has 0 spiro atoms. The molecule has 2 rings (SSSR count). The third kappa shape index (κ3) is 5.05. The van der Waals surface area contributed by atoms with E-state index in [1.54, 1.807) is 0 Å². The first-order valence-electron chi connectivity index (χ1n) is 7.95. The summed E-state index contributed by atoms with van der Waals surface area (Å²) in [4.78, 5) is 11.9. The van der Waals surface area contributed by atoms with E-state index >= 15 is 0 Å². The van der Waals surface area contributed by atoms with Crippen molar-refractivity contribution in [2.45, 2.75) is 58.2 Å². The number of hydrogen-bond acceptors (Lipinski definition) is 3. The van der Waals surface area contributed by atoms with Crippen LogP contribution in [0.5, 0.6) is 0 Å². The van der Waals surface area contributed by atoms with Crippen molar-refractivity contribution in [1.29, 1.82) is 0 Å². The second kappa shape index (κ2) is 7.46. The summed E-state index contributed by atoms with van der Waals surface area (Å²) >= 11 is 0. The molecule has 2 atom stereocenters. The van der Waals surface area contributed by atoms with Crippen LogP contribution in [0.2, 0.25) is 0 Å². The summed E-state index contributed by atoms with van der Waals surface area (Å²) in [6.07, 6.45) is 3.70. The van der Waals surface area contributed by atoms with Crippen molar-refractivity contribution in [2.24, 2.45) is 0 Å². The number of benzene rings is 1. The maximum absolute atomic E-state index is 11.9. The van der Waals surface area contributed by atoms with Gasteiger partial charge in [-0.1, -0.05) is 0 Å². The first kappa shape index (κ1) is 15.8. The Morgan fingerprint density at radius 3 is 2.57 bits per heavy atom. The number of carbonyl (C=O) groups is 1. The van der Waals surface area contributed by atoms with E-state index in [9.17, 15) is 4.79 Å². The van der Waals surface area contributed by atoms with Crippen molar-refractivity contribution in [3.8, 4) is 0 Å². The van der Waals surface area contributed by atoms with Gasteiger partial charge < -0.3 is 16.0 Å². The van der Waals surface area contributed by atoms with E-state index in [2.05, 4.69) is 22.9 Å². The summed E-state index contributed by atoms with van der Waals surface area (Å²) in [5.41, 5.74) is 1.78. The Bertz CT molecular complexity index is 450. The van der Waals surface area contributed by atoms with Crippen LogP contribution in [0, 0.1) is 0 Å². The summed E-state index contributed by atoms with van der Waals surface area (Å²) in [6, 6.07) is 8.94. The van der Waals surface area contributed by atoms with Gasteiger partial charge in [0, 0.05) is 29.4 Å². The van der Waals surface area contributed by atoms with Crippen molar-refractivity contribution in [3.63, 3.8) is 0 Å². The van der Waals surface area contributed by atoms with Gasteiger partial charge in [0.2, 0.25) is 0 Å². The quantitative estimate of drug-likeness (QED) is 0.755. The Kier molecular flexibility index (Phi) is 5.62. The molecule has 1 aromatic rings. The molecule has 1 aliphatic rings. The van der Waals surface area contributed by atoms with Crippen molar-refractivity contribution in [1.82, 2.24) is 10.6 Å². The average Bonchev–Trinajstić information content (AvgIpc) is 2.91. The van der Waals surface area contributed by atoms with Gasteiger partial charge in [-0.25, -0.2) is 0 Å². The van der Waals surface area contributed by atoms with E-state index < -0.39 is 0 Å². The van der Waals surface area contributed by atoms with E-state index in [4.69, 9.17) is 0 Å². The molecule has 4 heteroatoms. The van der Waals surface area contributed by atoms with E-state index in [0.717, 1.165) is 18.7 Å². The average molecular weight is 289 g/mol. The molecule has 4 nitrogen and oxygen atoms in total. The number of anilines is 1. The lowest BCUT2D eigenvalue weighted by Gasteiger charge is -2.19. The van der Waals surface area contributed by atoms with Gasteiger partial charge in [-0.2, -0.15) is 0 Å². The fourth-order valence-electron chi connectivity index (χ4n) is 2.79. The Balaban J connectivity index is 1.85. The number of hydrogen-bond donors (Lipinski definition) is 3. The summed E-state index contributed by atoms with van der Waals surface area (Å²) in [5.74, 6) is -0.0141. The molecule has 0 aromatic heterocycles. The van der Waals surface area contributed by atoms with Gasteiger partial charge in [-0.3, -0.25) is 4.79 Å². The highest BCUT2D eigenvalue weighted by Gasteiger charge is 2.16. The molecule has 3 N–H and O–H groups in total. The van der Waals surface area contributed by atoms with Crippen LogP contribution in [-0.2, 0) is 0 Å². The number of nitrogens with one attached hydrogen (secondary N) is 3. The Hall–Kier alpha value is -1.55. The third-order valence-corrected chi connectivity index (χ3v) is 3.78. The third-order valence-electron chi connectivity index (χ3n) is 3.78. The van der Waals surface area contributed by atoms with Crippen LogP contribution in [0.1, 0.15) is 50.4 Å². The van der Waals surface area contributed by atoms with Gasteiger partial charge in [0.05, 0.1) is 0 Å². The Morgan fingerprint density at radius 2 is 2.00 bits per heavy atom. The number of carbonyl (C=O) groups excluding carboxylic acids is 1. The van der Waals surface area contributed by atoms with Crippen LogP contribution in [0.3, 0.4) is 0 Å². The van der Waals surface area contributed by atoms with Gasteiger partial charge in [0.25, 0.3) is 5.91 Å². The summed E-state index contributed by atoms with van der Waals surface area (Å²) in [7, 11) is 0. The lowest BCUT2D eigenvalue weighted by atomic mass is 10.1. The smallest absolute Gasteiger partial charge is 0.251 e. The lowest BCUT2D eigenvalue weighted by Crippen LogP contribution is -2.30. The highest BCUT2D eigenvalue weighted by Crippen LogP contribution is 2.16. The molecule has 1 amide bonds. The largest absolute Gasteiger partial charge is 0.383 e. The van der Waals surface area contributed by atoms with Gasteiger partial charge >= 0.3 is 0 Å². The van der Waals surface area contributed by atoms with Crippen LogP contribution in [0.25, 0.3) is 0 Å². The highest BCUT2D eigenvalue weighted by atomic mass is 16.1. The Morgan fingerprint density at radius 1 is 1.29 bits per heavy atom. The van der Waals surface area contributed by atoms with E-state index in [1.165, 1.54) is 12.8 Å². The second-order valence-electron chi connectivity index (χ2n) is 6.28. The minimum absolute atomic E-state index is 0.0141. The van der Waals surface area contributed by atoms with Gasteiger partial charge in [0.15, 0.2) is 0 Å². The summed E-state index contributed by atoms with van der Waals surface area (Å²) in [6.45, 7) is 7.29. The molecular formula is C17H27N3O. The predicted molar refractivity (Wildman–Crippen MR) is 87.8 cm³/mol. The zero-order valence-electron chi connectivity index (χ0n) is 13.3. The zero-order valence-corrected chi connectivity index (χ0v) is 13.3.